The minimum Gasteiger partial charge on any atom is -0.481 e. The van der Waals surface area contributed by atoms with Gasteiger partial charge >= 0.3 is 12.0 Å². The molecule has 1 fully saturated rings. The van der Waals surface area contributed by atoms with Gasteiger partial charge in [0.2, 0.25) is 5.13 Å². The second-order valence-corrected chi connectivity index (χ2v) is 5.38. The summed E-state index contributed by atoms with van der Waals surface area (Å²) in [5.74, 6) is -0.936. The minimum absolute atomic E-state index is 0.109. The molecule has 1 aromatic rings. The van der Waals surface area contributed by atoms with Crippen LogP contribution in [0.4, 0.5) is 9.93 Å². The van der Waals surface area contributed by atoms with Crippen LogP contribution >= 0.6 is 11.3 Å². The van der Waals surface area contributed by atoms with Gasteiger partial charge in [-0.3, -0.25) is 10.1 Å². The van der Waals surface area contributed by atoms with E-state index in [2.05, 4.69) is 15.5 Å². The molecule has 2 heterocycles. The number of urea groups is 1. The van der Waals surface area contributed by atoms with Crippen molar-refractivity contribution in [2.24, 2.45) is 0 Å². The quantitative estimate of drug-likeness (QED) is 0.852. The number of aliphatic carboxylic acids is 1. The second-order valence-electron chi connectivity index (χ2n) is 4.32. The monoisotopic (exact) mass is 300 g/mol. The highest BCUT2D eigenvalue weighted by atomic mass is 32.1. The Labute approximate surface area is 119 Å². The molecule has 0 radical (unpaired) electrons. The molecule has 1 aliphatic heterocycles. The van der Waals surface area contributed by atoms with E-state index in [1.807, 2.05) is 6.92 Å². The summed E-state index contributed by atoms with van der Waals surface area (Å²) in [5.41, 5.74) is 0. The van der Waals surface area contributed by atoms with Crippen LogP contribution in [0.1, 0.15) is 18.4 Å². The number of aromatic nitrogens is 2. The number of carbonyl (C=O) groups excluding carboxylic acids is 1. The summed E-state index contributed by atoms with van der Waals surface area (Å²) in [5, 5.41) is 20.5. The molecule has 0 spiro atoms. The molecule has 1 saturated heterocycles. The normalized spacial score (nSPS) is 18.9. The zero-order chi connectivity index (χ0) is 14.5. The molecule has 1 aromatic heterocycles. The second kappa shape index (κ2) is 6.62. The van der Waals surface area contributed by atoms with Gasteiger partial charge in [0, 0.05) is 13.1 Å². The number of aryl methyl sites for hydroxylation is 1. The Morgan fingerprint density at radius 2 is 2.35 bits per heavy atom. The van der Waals surface area contributed by atoms with Gasteiger partial charge in [-0.25, -0.2) is 4.79 Å². The Kier molecular flexibility index (Phi) is 4.85. The van der Waals surface area contributed by atoms with E-state index in [1.54, 1.807) is 0 Å². The standard InChI is InChI=1S/C11H16N4O4S/c1-2-8-13-14-10(20-8)12-11(18)15-3-4-19-7(6-15)5-9(16)17/h7H,2-6H2,1H3,(H,16,17)(H,12,14,18). The van der Waals surface area contributed by atoms with E-state index in [4.69, 9.17) is 9.84 Å². The highest BCUT2D eigenvalue weighted by Crippen LogP contribution is 2.17. The molecule has 2 N–H and O–H groups in total. The lowest BCUT2D eigenvalue weighted by molar-refractivity contribution is -0.141. The smallest absolute Gasteiger partial charge is 0.323 e. The topological polar surface area (TPSA) is 105 Å². The molecule has 2 rings (SSSR count). The van der Waals surface area contributed by atoms with Crippen LogP contribution in [0.3, 0.4) is 0 Å². The van der Waals surface area contributed by atoms with Crippen molar-refractivity contribution < 1.29 is 19.4 Å². The molecule has 2 amide bonds. The number of amides is 2. The zero-order valence-corrected chi connectivity index (χ0v) is 11.9. The third kappa shape index (κ3) is 3.87. The summed E-state index contributed by atoms with van der Waals surface area (Å²) in [6.45, 7) is 2.99. The van der Waals surface area contributed by atoms with Crippen LogP contribution in [0, 0.1) is 0 Å². The van der Waals surface area contributed by atoms with Gasteiger partial charge < -0.3 is 14.7 Å². The van der Waals surface area contributed by atoms with Crippen molar-refractivity contribution in [3.05, 3.63) is 5.01 Å². The van der Waals surface area contributed by atoms with E-state index in [1.165, 1.54) is 16.2 Å². The van der Waals surface area contributed by atoms with Crippen molar-refractivity contribution in [3.8, 4) is 0 Å². The molecule has 110 valence electrons. The van der Waals surface area contributed by atoms with Gasteiger partial charge in [-0.1, -0.05) is 18.3 Å². The third-order valence-corrected chi connectivity index (χ3v) is 3.79. The highest BCUT2D eigenvalue weighted by molar-refractivity contribution is 7.15. The maximum absolute atomic E-state index is 12.0. The van der Waals surface area contributed by atoms with Crippen LogP contribution in [-0.4, -0.2) is 58.0 Å². The first-order chi connectivity index (χ1) is 9.58. The molecular formula is C11H16N4O4S. The molecule has 1 aliphatic rings. The molecule has 1 unspecified atom stereocenters. The van der Waals surface area contributed by atoms with Crippen LogP contribution in [0.25, 0.3) is 0 Å². The van der Waals surface area contributed by atoms with Crippen molar-refractivity contribution in [2.45, 2.75) is 25.9 Å². The Balaban J connectivity index is 1.89. The van der Waals surface area contributed by atoms with Crippen LogP contribution in [0.15, 0.2) is 0 Å². The Bertz CT molecular complexity index is 493. The first-order valence-electron chi connectivity index (χ1n) is 6.30. The average molecular weight is 300 g/mol. The Hall–Kier alpha value is -1.74. The van der Waals surface area contributed by atoms with E-state index in [-0.39, 0.29) is 19.0 Å². The molecule has 8 nitrogen and oxygen atoms in total. The number of morpholine rings is 1. The van der Waals surface area contributed by atoms with Gasteiger partial charge in [-0.15, -0.1) is 10.2 Å². The number of hydrogen-bond donors (Lipinski definition) is 2. The average Bonchev–Trinajstić information content (AvgIpc) is 2.86. The first-order valence-corrected chi connectivity index (χ1v) is 7.11. The van der Waals surface area contributed by atoms with Crippen molar-refractivity contribution in [2.75, 3.05) is 25.0 Å². The lowest BCUT2D eigenvalue weighted by Crippen LogP contribution is -2.47. The van der Waals surface area contributed by atoms with Crippen LogP contribution in [0.2, 0.25) is 0 Å². The van der Waals surface area contributed by atoms with E-state index < -0.39 is 12.1 Å². The molecule has 1 atom stereocenters. The number of ether oxygens (including phenoxy) is 1. The van der Waals surface area contributed by atoms with Gasteiger partial charge in [0.05, 0.1) is 19.1 Å². The number of nitrogens with one attached hydrogen (secondary N) is 1. The van der Waals surface area contributed by atoms with E-state index in [0.29, 0.717) is 18.3 Å². The van der Waals surface area contributed by atoms with Gasteiger partial charge in [0.15, 0.2) is 0 Å². The van der Waals surface area contributed by atoms with Crippen molar-refractivity contribution >= 4 is 28.5 Å². The number of carboxylic acid groups (broad SMARTS) is 1. The molecule has 20 heavy (non-hydrogen) atoms. The predicted molar refractivity (Wildman–Crippen MR) is 71.9 cm³/mol. The number of anilines is 1. The number of rotatable bonds is 4. The molecule has 0 saturated carbocycles. The lowest BCUT2D eigenvalue weighted by Gasteiger charge is -2.31. The fourth-order valence-corrected chi connectivity index (χ4v) is 2.51. The number of carbonyl (C=O) groups is 2. The summed E-state index contributed by atoms with van der Waals surface area (Å²) in [6.07, 6.45) is 0.196. The van der Waals surface area contributed by atoms with E-state index in [9.17, 15) is 9.59 Å². The SMILES string of the molecule is CCc1nnc(NC(=O)N2CCOC(CC(=O)O)C2)s1. The molecule has 0 aromatic carbocycles. The number of carboxylic acids is 1. The molecule has 0 bridgehead atoms. The van der Waals surface area contributed by atoms with E-state index >= 15 is 0 Å². The summed E-state index contributed by atoms with van der Waals surface area (Å²) in [4.78, 5) is 24.2. The Morgan fingerprint density at radius 1 is 1.55 bits per heavy atom. The summed E-state index contributed by atoms with van der Waals surface area (Å²) in [6, 6.07) is -0.303. The van der Waals surface area contributed by atoms with Crippen molar-refractivity contribution in [1.82, 2.24) is 15.1 Å². The summed E-state index contributed by atoms with van der Waals surface area (Å²) in [7, 11) is 0. The summed E-state index contributed by atoms with van der Waals surface area (Å²) >= 11 is 1.33. The number of nitrogens with zero attached hydrogens (tertiary/aromatic N) is 3. The predicted octanol–water partition coefficient (Wildman–Crippen LogP) is 0.808. The summed E-state index contributed by atoms with van der Waals surface area (Å²) < 4.78 is 5.31. The maximum Gasteiger partial charge on any atom is 0.323 e. The van der Waals surface area contributed by atoms with Gasteiger partial charge in [-0.2, -0.15) is 0 Å². The number of hydrogen-bond acceptors (Lipinski definition) is 6. The van der Waals surface area contributed by atoms with Gasteiger partial charge in [0.25, 0.3) is 0 Å². The van der Waals surface area contributed by atoms with Crippen LogP contribution in [0.5, 0.6) is 0 Å². The molecular weight excluding hydrogens is 284 g/mol. The Morgan fingerprint density at radius 3 is 3.00 bits per heavy atom. The molecule has 9 heteroatoms. The van der Waals surface area contributed by atoms with Gasteiger partial charge in [-0.05, 0) is 6.42 Å². The maximum atomic E-state index is 12.0. The lowest BCUT2D eigenvalue weighted by atomic mass is 10.2. The van der Waals surface area contributed by atoms with Crippen LogP contribution < -0.4 is 5.32 Å². The van der Waals surface area contributed by atoms with Gasteiger partial charge in [0.1, 0.15) is 5.01 Å². The zero-order valence-electron chi connectivity index (χ0n) is 11.0. The fraction of sp³-hybridized carbons (Fsp3) is 0.636. The highest BCUT2D eigenvalue weighted by Gasteiger charge is 2.26. The van der Waals surface area contributed by atoms with Crippen LogP contribution in [-0.2, 0) is 16.0 Å². The molecule has 0 aliphatic carbocycles. The van der Waals surface area contributed by atoms with Crippen molar-refractivity contribution in [1.29, 1.82) is 0 Å². The third-order valence-electron chi connectivity index (χ3n) is 2.81. The van der Waals surface area contributed by atoms with E-state index in [0.717, 1.165) is 11.4 Å². The largest absolute Gasteiger partial charge is 0.481 e. The van der Waals surface area contributed by atoms with Crippen molar-refractivity contribution in [3.63, 3.8) is 0 Å². The first kappa shape index (κ1) is 14.7. The minimum atomic E-state index is -0.936. The fourth-order valence-electron chi connectivity index (χ4n) is 1.84.